The molecule has 0 unspecified atom stereocenters. The van der Waals surface area contributed by atoms with E-state index < -0.39 is 0 Å². The lowest BCUT2D eigenvalue weighted by Crippen LogP contribution is -2.17. The highest BCUT2D eigenvalue weighted by atomic mass is 19.1. The first-order valence-electron chi connectivity index (χ1n) is 6.05. The molecule has 0 radical (unpaired) electrons. The topological polar surface area (TPSA) is 17.8 Å². The van der Waals surface area contributed by atoms with E-state index in [-0.39, 0.29) is 5.82 Å². The fourth-order valence-electron chi connectivity index (χ4n) is 2.41. The van der Waals surface area contributed by atoms with Crippen LogP contribution in [0.15, 0.2) is 30.5 Å². The van der Waals surface area contributed by atoms with Crippen LogP contribution in [0, 0.1) is 11.7 Å². The SMILES string of the molecule is C[C@H]1CCc2nc(-c3ccccc3F)cn2C1. The van der Waals surface area contributed by atoms with Crippen LogP contribution in [0.5, 0.6) is 0 Å². The number of aryl methyl sites for hydroxylation is 1. The van der Waals surface area contributed by atoms with Gasteiger partial charge in [0.05, 0.1) is 5.69 Å². The summed E-state index contributed by atoms with van der Waals surface area (Å²) < 4.78 is 15.8. The van der Waals surface area contributed by atoms with Crippen molar-refractivity contribution in [3.05, 3.63) is 42.1 Å². The molecule has 1 aliphatic heterocycles. The molecule has 0 bridgehead atoms. The lowest BCUT2D eigenvalue weighted by atomic mass is 10.0. The first kappa shape index (κ1) is 10.5. The Hall–Kier alpha value is -1.64. The maximum Gasteiger partial charge on any atom is 0.132 e. The summed E-state index contributed by atoms with van der Waals surface area (Å²) >= 11 is 0. The maximum absolute atomic E-state index is 13.7. The summed E-state index contributed by atoms with van der Waals surface area (Å²) in [6.45, 7) is 3.24. The molecule has 0 spiro atoms. The minimum atomic E-state index is -0.198. The van der Waals surface area contributed by atoms with E-state index >= 15 is 0 Å². The number of halogens is 1. The second-order valence-corrected chi connectivity index (χ2v) is 4.82. The molecule has 3 rings (SSSR count). The van der Waals surface area contributed by atoms with Gasteiger partial charge in [0.1, 0.15) is 11.6 Å². The van der Waals surface area contributed by atoms with Crippen LogP contribution in [-0.4, -0.2) is 9.55 Å². The Morgan fingerprint density at radius 2 is 2.18 bits per heavy atom. The minimum absolute atomic E-state index is 0.198. The predicted molar refractivity (Wildman–Crippen MR) is 65.1 cm³/mol. The summed E-state index contributed by atoms with van der Waals surface area (Å²) in [5, 5.41) is 0. The third kappa shape index (κ3) is 1.86. The smallest absolute Gasteiger partial charge is 0.132 e. The van der Waals surface area contributed by atoms with Crippen LogP contribution in [0.4, 0.5) is 4.39 Å². The van der Waals surface area contributed by atoms with Gasteiger partial charge in [0.25, 0.3) is 0 Å². The lowest BCUT2D eigenvalue weighted by Gasteiger charge is -2.19. The molecule has 1 aromatic carbocycles. The summed E-state index contributed by atoms with van der Waals surface area (Å²) in [6, 6.07) is 6.82. The molecule has 0 fully saturated rings. The zero-order valence-corrected chi connectivity index (χ0v) is 9.86. The normalized spacial score (nSPS) is 19.1. The molecule has 0 amide bonds. The molecule has 1 aliphatic rings. The lowest BCUT2D eigenvalue weighted by molar-refractivity contribution is 0.394. The van der Waals surface area contributed by atoms with Crippen LogP contribution >= 0.6 is 0 Å². The number of hydrogen-bond donors (Lipinski definition) is 0. The second kappa shape index (κ2) is 3.99. The number of fused-ring (bicyclic) bond motifs is 1. The molecule has 3 heteroatoms. The van der Waals surface area contributed by atoms with E-state index in [0.717, 1.165) is 24.5 Å². The number of imidazole rings is 1. The van der Waals surface area contributed by atoms with Crippen molar-refractivity contribution in [2.45, 2.75) is 26.3 Å². The van der Waals surface area contributed by atoms with Gasteiger partial charge in [-0.2, -0.15) is 0 Å². The van der Waals surface area contributed by atoms with Crippen molar-refractivity contribution in [2.75, 3.05) is 0 Å². The third-order valence-electron chi connectivity index (χ3n) is 3.38. The van der Waals surface area contributed by atoms with E-state index in [9.17, 15) is 4.39 Å². The summed E-state index contributed by atoms with van der Waals surface area (Å²) in [5.41, 5.74) is 1.36. The van der Waals surface area contributed by atoms with Crippen LogP contribution in [0.2, 0.25) is 0 Å². The van der Waals surface area contributed by atoms with E-state index in [4.69, 9.17) is 0 Å². The zero-order valence-electron chi connectivity index (χ0n) is 9.86. The van der Waals surface area contributed by atoms with Gasteiger partial charge < -0.3 is 4.57 Å². The summed E-state index contributed by atoms with van der Waals surface area (Å²) in [6.07, 6.45) is 4.15. The Morgan fingerprint density at radius 3 is 3.00 bits per heavy atom. The Bertz CT molecular complexity index is 545. The fourth-order valence-corrected chi connectivity index (χ4v) is 2.41. The summed E-state index contributed by atoms with van der Waals surface area (Å²) in [4.78, 5) is 4.54. The first-order valence-corrected chi connectivity index (χ1v) is 6.05. The van der Waals surface area contributed by atoms with Crippen LogP contribution < -0.4 is 0 Å². The van der Waals surface area contributed by atoms with Gasteiger partial charge in [0.2, 0.25) is 0 Å². The highest BCUT2D eigenvalue weighted by Crippen LogP contribution is 2.26. The molecular weight excluding hydrogens is 215 g/mol. The van der Waals surface area contributed by atoms with Crippen LogP contribution in [0.1, 0.15) is 19.2 Å². The predicted octanol–water partition coefficient (Wildman–Crippen LogP) is 3.27. The van der Waals surface area contributed by atoms with Gasteiger partial charge in [0, 0.05) is 24.7 Å². The van der Waals surface area contributed by atoms with Gasteiger partial charge in [0.15, 0.2) is 0 Å². The molecule has 1 atom stereocenters. The van der Waals surface area contributed by atoms with Gasteiger partial charge >= 0.3 is 0 Å². The number of nitrogens with zero attached hydrogens (tertiary/aromatic N) is 2. The molecule has 2 nitrogen and oxygen atoms in total. The van der Waals surface area contributed by atoms with Gasteiger partial charge in [-0.3, -0.25) is 0 Å². The Labute approximate surface area is 100 Å². The zero-order chi connectivity index (χ0) is 11.8. The van der Waals surface area contributed by atoms with Gasteiger partial charge in [-0.25, -0.2) is 9.37 Å². The Kier molecular flexibility index (Phi) is 2.46. The molecule has 0 aliphatic carbocycles. The van der Waals surface area contributed by atoms with Crippen molar-refractivity contribution in [1.29, 1.82) is 0 Å². The maximum atomic E-state index is 13.7. The van der Waals surface area contributed by atoms with Crippen molar-refractivity contribution < 1.29 is 4.39 Å². The number of hydrogen-bond acceptors (Lipinski definition) is 1. The van der Waals surface area contributed by atoms with Crippen molar-refractivity contribution in [1.82, 2.24) is 9.55 Å². The molecule has 2 heterocycles. The summed E-state index contributed by atoms with van der Waals surface area (Å²) in [5.74, 6) is 1.57. The molecule has 0 N–H and O–H groups in total. The third-order valence-corrected chi connectivity index (χ3v) is 3.38. The van der Waals surface area contributed by atoms with E-state index in [2.05, 4.69) is 16.5 Å². The van der Waals surface area contributed by atoms with Crippen LogP contribution in [0.3, 0.4) is 0 Å². The van der Waals surface area contributed by atoms with E-state index in [0.29, 0.717) is 11.5 Å². The average molecular weight is 230 g/mol. The monoisotopic (exact) mass is 230 g/mol. The highest BCUT2D eigenvalue weighted by Gasteiger charge is 2.18. The molecule has 17 heavy (non-hydrogen) atoms. The van der Waals surface area contributed by atoms with E-state index in [1.165, 1.54) is 12.5 Å². The Balaban J connectivity index is 2.03. The molecule has 2 aromatic rings. The van der Waals surface area contributed by atoms with Gasteiger partial charge in [-0.05, 0) is 24.5 Å². The minimum Gasteiger partial charge on any atom is -0.334 e. The van der Waals surface area contributed by atoms with Crippen molar-refractivity contribution in [2.24, 2.45) is 5.92 Å². The molecule has 1 aromatic heterocycles. The summed E-state index contributed by atoms with van der Waals surface area (Å²) in [7, 11) is 0. The second-order valence-electron chi connectivity index (χ2n) is 4.82. The van der Waals surface area contributed by atoms with Crippen molar-refractivity contribution in [3.8, 4) is 11.3 Å². The van der Waals surface area contributed by atoms with Crippen molar-refractivity contribution >= 4 is 0 Å². The standard InChI is InChI=1S/C14H15FN2/c1-10-6-7-14-16-13(9-17(14)8-10)11-4-2-3-5-12(11)15/h2-5,9-10H,6-8H2,1H3/t10-/m0/s1. The van der Waals surface area contributed by atoms with Crippen LogP contribution in [-0.2, 0) is 13.0 Å². The molecule has 88 valence electrons. The van der Waals surface area contributed by atoms with Crippen LogP contribution in [0.25, 0.3) is 11.3 Å². The fraction of sp³-hybridized carbons (Fsp3) is 0.357. The van der Waals surface area contributed by atoms with Gasteiger partial charge in [-0.15, -0.1) is 0 Å². The number of aromatic nitrogens is 2. The van der Waals surface area contributed by atoms with Gasteiger partial charge in [-0.1, -0.05) is 19.1 Å². The quantitative estimate of drug-likeness (QED) is 0.735. The van der Waals surface area contributed by atoms with Crippen molar-refractivity contribution in [3.63, 3.8) is 0 Å². The molecular formula is C14H15FN2. The first-order chi connectivity index (χ1) is 8.24. The molecule has 0 saturated heterocycles. The van der Waals surface area contributed by atoms with E-state index in [1.54, 1.807) is 12.1 Å². The molecule has 0 saturated carbocycles. The highest BCUT2D eigenvalue weighted by molar-refractivity contribution is 5.59. The number of benzene rings is 1. The average Bonchev–Trinajstić information content (AvgIpc) is 2.72. The number of rotatable bonds is 1. The largest absolute Gasteiger partial charge is 0.334 e. The Morgan fingerprint density at radius 1 is 1.35 bits per heavy atom. The van der Waals surface area contributed by atoms with E-state index in [1.807, 2.05) is 12.3 Å².